The van der Waals surface area contributed by atoms with Gasteiger partial charge in [0.15, 0.2) is 0 Å². The maximum atomic E-state index is 13.2. The summed E-state index contributed by atoms with van der Waals surface area (Å²) in [7, 11) is 0. The summed E-state index contributed by atoms with van der Waals surface area (Å²) in [6.07, 6.45) is 0.615. The summed E-state index contributed by atoms with van der Waals surface area (Å²) in [6.45, 7) is 0.863. The van der Waals surface area contributed by atoms with Gasteiger partial charge in [-0.2, -0.15) is 0 Å². The lowest BCUT2D eigenvalue weighted by atomic mass is 10.2. The van der Waals surface area contributed by atoms with Crippen molar-refractivity contribution in [1.82, 2.24) is 9.55 Å². The van der Waals surface area contributed by atoms with Crippen LogP contribution >= 0.6 is 0 Å². The van der Waals surface area contributed by atoms with Crippen molar-refractivity contribution < 1.29 is 9.13 Å². The van der Waals surface area contributed by atoms with E-state index in [1.165, 1.54) is 12.1 Å². The van der Waals surface area contributed by atoms with E-state index in [-0.39, 0.29) is 11.4 Å². The fourth-order valence-corrected chi connectivity index (χ4v) is 2.26. The summed E-state index contributed by atoms with van der Waals surface area (Å²) in [5.41, 5.74) is -0.597. The highest BCUT2D eigenvalue weighted by Crippen LogP contribution is 2.16. The SMILES string of the molecule is O=c1[nH]c2ccc(F)cc2c(=O)n1C1CCOC1. The molecule has 1 fully saturated rings. The van der Waals surface area contributed by atoms with Gasteiger partial charge in [0.1, 0.15) is 5.82 Å². The first kappa shape index (κ1) is 11.2. The van der Waals surface area contributed by atoms with E-state index in [1.54, 1.807) is 0 Å². The standard InChI is InChI=1S/C12H11FN2O3/c13-7-1-2-10-9(5-7)11(16)15(12(17)14-10)8-3-4-18-6-8/h1-2,5,8H,3-4,6H2,(H,14,17). The Balaban J connectivity index is 2.32. The highest BCUT2D eigenvalue weighted by molar-refractivity contribution is 5.77. The Morgan fingerprint density at radius 3 is 2.94 bits per heavy atom. The Kier molecular flexibility index (Phi) is 2.52. The average molecular weight is 250 g/mol. The van der Waals surface area contributed by atoms with Gasteiger partial charge in [-0.1, -0.05) is 0 Å². The van der Waals surface area contributed by atoms with Crippen LogP contribution < -0.4 is 11.2 Å². The van der Waals surface area contributed by atoms with Gasteiger partial charge in [-0.3, -0.25) is 9.36 Å². The van der Waals surface area contributed by atoms with Crippen LogP contribution in [0.5, 0.6) is 0 Å². The second-order valence-corrected chi connectivity index (χ2v) is 4.31. The van der Waals surface area contributed by atoms with Crippen molar-refractivity contribution in [3.8, 4) is 0 Å². The molecule has 1 atom stereocenters. The van der Waals surface area contributed by atoms with Gasteiger partial charge in [0.25, 0.3) is 5.56 Å². The summed E-state index contributed by atoms with van der Waals surface area (Å²) in [5.74, 6) is -0.499. The van der Waals surface area contributed by atoms with Crippen molar-refractivity contribution >= 4 is 10.9 Å². The van der Waals surface area contributed by atoms with Crippen molar-refractivity contribution in [1.29, 1.82) is 0 Å². The maximum Gasteiger partial charge on any atom is 0.329 e. The van der Waals surface area contributed by atoms with Crippen LogP contribution in [0.15, 0.2) is 27.8 Å². The van der Waals surface area contributed by atoms with Crippen molar-refractivity contribution in [2.75, 3.05) is 13.2 Å². The molecule has 5 nitrogen and oxygen atoms in total. The van der Waals surface area contributed by atoms with Gasteiger partial charge in [0.05, 0.1) is 23.6 Å². The van der Waals surface area contributed by atoms with Crippen molar-refractivity contribution in [2.45, 2.75) is 12.5 Å². The minimum Gasteiger partial charge on any atom is -0.379 e. The summed E-state index contributed by atoms with van der Waals surface area (Å²) >= 11 is 0. The van der Waals surface area contributed by atoms with Gasteiger partial charge in [0, 0.05) is 6.61 Å². The number of hydrogen-bond donors (Lipinski definition) is 1. The van der Waals surface area contributed by atoms with E-state index in [0.717, 1.165) is 10.6 Å². The number of nitrogens with one attached hydrogen (secondary N) is 1. The van der Waals surface area contributed by atoms with E-state index in [4.69, 9.17) is 4.74 Å². The molecule has 0 radical (unpaired) electrons. The fraction of sp³-hybridized carbons (Fsp3) is 0.333. The molecule has 6 heteroatoms. The second-order valence-electron chi connectivity index (χ2n) is 4.31. The zero-order valence-electron chi connectivity index (χ0n) is 9.48. The largest absolute Gasteiger partial charge is 0.379 e. The number of aromatic nitrogens is 2. The first-order valence-corrected chi connectivity index (χ1v) is 5.68. The molecule has 0 saturated carbocycles. The van der Waals surface area contributed by atoms with Crippen LogP contribution in [-0.2, 0) is 4.74 Å². The molecule has 0 spiro atoms. The molecular formula is C12H11FN2O3. The number of H-pyrrole nitrogens is 1. The number of ether oxygens (including phenoxy) is 1. The molecule has 0 aliphatic carbocycles. The number of nitrogens with zero attached hydrogens (tertiary/aromatic N) is 1. The molecule has 1 N–H and O–H groups in total. The lowest BCUT2D eigenvalue weighted by Gasteiger charge is -2.11. The minimum atomic E-state index is -0.499. The number of fused-ring (bicyclic) bond motifs is 1. The smallest absolute Gasteiger partial charge is 0.329 e. The summed E-state index contributed by atoms with van der Waals surface area (Å²) in [6, 6.07) is 3.47. The van der Waals surface area contributed by atoms with Crippen LogP contribution in [0.4, 0.5) is 4.39 Å². The highest BCUT2D eigenvalue weighted by atomic mass is 19.1. The van der Waals surface area contributed by atoms with Gasteiger partial charge in [-0.05, 0) is 24.6 Å². The van der Waals surface area contributed by atoms with E-state index in [0.29, 0.717) is 25.2 Å². The second kappa shape index (κ2) is 4.06. The van der Waals surface area contributed by atoms with E-state index in [1.807, 2.05) is 0 Å². The predicted octanol–water partition coefficient (Wildman–Crippen LogP) is 0.790. The number of halogens is 1. The van der Waals surface area contributed by atoms with Crippen LogP contribution in [0.1, 0.15) is 12.5 Å². The molecule has 1 aliphatic rings. The third-order valence-corrected chi connectivity index (χ3v) is 3.16. The third-order valence-electron chi connectivity index (χ3n) is 3.16. The zero-order chi connectivity index (χ0) is 12.7. The molecule has 3 rings (SSSR count). The number of aromatic amines is 1. The van der Waals surface area contributed by atoms with Gasteiger partial charge in [-0.15, -0.1) is 0 Å². The summed E-state index contributed by atoms with van der Waals surface area (Å²) < 4.78 is 19.5. The summed E-state index contributed by atoms with van der Waals surface area (Å²) in [5, 5.41) is 0.182. The molecule has 1 aromatic heterocycles. The minimum absolute atomic E-state index is 0.182. The number of hydrogen-bond acceptors (Lipinski definition) is 3. The van der Waals surface area contributed by atoms with Crippen molar-refractivity contribution in [3.05, 3.63) is 44.9 Å². The van der Waals surface area contributed by atoms with E-state index in [9.17, 15) is 14.0 Å². The molecule has 1 aliphatic heterocycles. The molecule has 2 aromatic rings. The molecule has 18 heavy (non-hydrogen) atoms. The van der Waals surface area contributed by atoms with E-state index < -0.39 is 17.1 Å². The van der Waals surface area contributed by atoms with Crippen LogP contribution in [-0.4, -0.2) is 22.8 Å². The lowest BCUT2D eigenvalue weighted by Crippen LogP contribution is -2.38. The first-order valence-electron chi connectivity index (χ1n) is 5.68. The van der Waals surface area contributed by atoms with Gasteiger partial charge >= 0.3 is 5.69 Å². The average Bonchev–Trinajstić information content (AvgIpc) is 2.84. The molecule has 0 amide bonds. The third kappa shape index (κ3) is 1.65. The number of benzene rings is 1. The maximum absolute atomic E-state index is 13.2. The van der Waals surface area contributed by atoms with Crippen LogP contribution in [0, 0.1) is 5.82 Å². The first-order chi connectivity index (χ1) is 8.66. The Labute approximate surface area is 101 Å². The van der Waals surface area contributed by atoms with E-state index in [2.05, 4.69) is 4.98 Å². The van der Waals surface area contributed by atoms with Crippen LogP contribution in [0.25, 0.3) is 10.9 Å². The Morgan fingerprint density at radius 1 is 1.39 bits per heavy atom. The molecule has 1 aromatic carbocycles. The normalized spacial score (nSPS) is 19.5. The van der Waals surface area contributed by atoms with Crippen molar-refractivity contribution in [3.63, 3.8) is 0 Å². The summed E-state index contributed by atoms with van der Waals surface area (Å²) in [4.78, 5) is 26.7. The Hall–Kier alpha value is -1.95. The van der Waals surface area contributed by atoms with Crippen LogP contribution in [0.2, 0.25) is 0 Å². The fourth-order valence-electron chi connectivity index (χ4n) is 2.26. The quantitative estimate of drug-likeness (QED) is 0.813. The lowest BCUT2D eigenvalue weighted by molar-refractivity contribution is 0.185. The Bertz CT molecular complexity index is 713. The monoisotopic (exact) mass is 250 g/mol. The molecule has 1 saturated heterocycles. The van der Waals surface area contributed by atoms with Gasteiger partial charge in [-0.25, -0.2) is 9.18 Å². The molecule has 2 heterocycles. The van der Waals surface area contributed by atoms with E-state index >= 15 is 0 Å². The zero-order valence-corrected chi connectivity index (χ0v) is 9.48. The molecular weight excluding hydrogens is 239 g/mol. The molecule has 94 valence electrons. The van der Waals surface area contributed by atoms with Crippen LogP contribution in [0.3, 0.4) is 0 Å². The molecule has 0 bridgehead atoms. The number of rotatable bonds is 1. The topological polar surface area (TPSA) is 64.1 Å². The van der Waals surface area contributed by atoms with Gasteiger partial charge in [0.2, 0.25) is 0 Å². The predicted molar refractivity (Wildman–Crippen MR) is 63.3 cm³/mol. The van der Waals surface area contributed by atoms with Crippen molar-refractivity contribution in [2.24, 2.45) is 0 Å². The molecule has 1 unspecified atom stereocenters. The Morgan fingerprint density at radius 2 is 2.22 bits per heavy atom. The van der Waals surface area contributed by atoms with Gasteiger partial charge < -0.3 is 9.72 Å². The highest BCUT2D eigenvalue weighted by Gasteiger charge is 2.22.